The Balaban J connectivity index is 2.94. The molecule has 0 bridgehead atoms. The topological polar surface area (TPSA) is 81.8 Å². The van der Waals surface area contributed by atoms with Gasteiger partial charge in [-0.1, -0.05) is 0 Å². The van der Waals surface area contributed by atoms with Gasteiger partial charge in [0.05, 0.1) is 30.8 Å². The predicted molar refractivity (Wildman–Crippen MR) is 61.2 cm³/mol. The maximum Gasteiger partial charge on any atom is 0.276 e. The van der Waals surface area contributed by atoms with E-state index in [0.29, 0.717) is 11.3 Å². The molecule has 1 atom stereocenters. The molecule has 0 aliphatic carbocycles. The fourth-order valence-electron chi connectivity index (χ4n) is 1.52. The molecular formula is C11H15NO5. The zero-order valence-electron chi connectivity index (χ0n) is 9.75. The van der Waals surface area contributed by atoms with Crippen LogP contribution in [-0.2, 0) is 11.2 Å². The normalized spacial score (nSPS) is 12.2. The van der Waals surface area contributed by atoms with Crippen LogP contribution in [0, 0.1) is 10.1 Å². The summed E-state index contributed by atoms with van der Waals surface area (Å²) in [6, 6.07) is 4.55. The third kappa shape index (κ3) is 3.69. The van der Waals surface area contributed by atoms with Gasteiger partial charge in [0.25, 0.3) is 5.69 Å². The Hall–Kier alpha value is -1.66. The zero-order valence-corrected chi connectivity index (χ0v) is 9.75. The number of hydrogen-bond acceptors (Lipinski definition) is 5. The van der Waals surface area contributed by atoms with Gasteiger partial charge in [-0.2, -0.15) is 0 Å². The van der Waals surface area contributed by atoms with Crippen LogP contribution in [0.4, 0.5) is 5.69 Å². The number of nitro groups is 1. The molecule has 1 aromatic rings. The second-order valence-electron chi connectivity index (χ2n) is 3.57. The van der Waals surface area contributed by atoms with Crippen molar-refractivity contribution in [1.82, 2.24) is 0 Å². The van der Waals surface area contributed by atoms with Gasteiger partial charge < -0.3 is 14.6 Å². The lowest BCUT2D eigenvalue weighted by atomic mass is 10.1. The summed E-state index contributed by atoms with van der Waals surface area (Å²) in [5.74, 6) is 0.418. The van der Waals surface area contributed by atoms with Gasteiger partial charge in [-0.15, -0.1) is 0 Å². The molecule has 0 aliphatic heterocycles. The van der Waals surface area contributed by atoms with Crippen molar-refractivity contribution in [2.45, 2.75) is 12.5 Å². The van der Waals surface area contributed by atoms with Crippen LogP contribution in [-0.4, -0.2) is 37.0 Å². The number of methoxy groups -OCH3 is 2. The molecule has 1 unspecified atom stereocenters. The van der Waals surface area contributed by atoms with E-state index in [0.717, 1.165) is 0 Å². The monoisotopic (exact) mass is 241 g/mol. The second-order valence-corrected chi connectivity index (χ2v) is 3.57. The fraction of sp³-hybridized carbons (Fsp3) is 0.455. The van der Waals surface area contributed by atoms with Crippen molar-refractivity contribution in [3.8, 4) is 5.75 Å². The van der Waals surface area contributed by atoms with Crippen molar-refractivity contribution in [1.29, 1.82) is 0 Å². The first-order valence-corrected chi connectivity index (χ1v) is 5.06. The van der Waals surface area contributed by atoms with Crippen molar-refractivity contribution in [2.75, 3.05) is 20.8 Å². The fourth-order valence-corrected chi connectivity index (χ4v) is 1.52. The summed E-state index contributed by atoms with van der Waals surface area (Å²) in [5.41, 5.74) is 0.403. The Morgan fingerprint density at radius 3 is 2.71 bits per heavy atom. The molecule has 1 rings (SSSR count). The van der Waals surface area contributed by atoms with Gasteiger partial charge in [-0.25, -0.2) is 0 Å². The van der Waals surface area contributed by atoms with E-state index in [1.54, 1.807) is 12.1 Å². The second kappa shape index (κ2) is 6.17. The average Bonchev–Trinajstić information content (AvgIpc) is 2.29. The van der Waals surface area contributed by atoms with Crippen LogP contribution in [0.5, 0.6) is 5.75 Å². The summed E-state index contributed by atoms with van der Waals surface area (Å²) < 4.78 is 9.70. The van der Waals surface area contributed by atoms with Crippen molar-refractivity contribution < 1.29 is 19.5 Å². The first kappa shape index (κ1) is 13.4. The highest BCUT2D eigenvalue weighted by Gasteiger charge is 2.17. The van der Waals surface area contributed by atoms with E-state index in [2.05, 4.69) is 0 Å². The van der Waals surface area contributed by atoms with Crippen LogP contribution in [0.2, 0.25) is 0 Å². The average molecular weight is 241 g/mol. The molecule has 0 spiro atoms. The van der Waals surface area contributed by atoms with E-state index in [-0.39, 0.29) is 18.7 Å². The van der Waals surface area contributed by atoms with Gasteiger partial charge >= 0.3 is 0 Å². The molecule has 6 nitrogen and oxygen atoms in total. The maximum absolute atomic E-state index is 10.9. The molecule has 1 aromatic carbocycles. The SMILES string of the molecule is COCC(O)Cc1ccc(OC)cc1[N+](=O)[O-]. The zero-order chi connectivity index (χ0) is 12.8. The summed E-state index contributed by atoms with van der Waals surface area (Å²) in [6.45, 7) is 0.142. The number of rotatable bonds is 6. The van der Waals surface area contributed by atoms with Gasteiger partial charge in [0.1, 0.15) is 5.75 Å². The van der Waals surface area contributed by atoms with Crippen LogP contribution < -0.4 is 4.74 Å². The van der Waals surface area contributed by atoms with Crippen molar-refractivity contribution in [3.63, 3.8) is 0 Å². The van der Waals surface area contributed by atoms with Crippen LogP contribution in [0.3, 0.4) is 0 Å². The highest BCUT2D eigenvalue weighted by atomic mass is 16.6. The van der Waals surface area contributed by atoms with Gasteiger partial charge in [-0.3, -0.25) is 10.1 Å². The first-order valence-electron chi connectivity index (χ1n) is 5.06. The lowest BCUT2D eigenvalue weighted by Gasteiger charge is -2.10. The predicted octanol–water partition coefficient (Wildman–Crippen LogP) is 1.15. The number of nitro benzene ring substituents is 1. The summed E-state index contributed by atoms with van der Waals surface area (Å²) in [6.07, 6.45) is -0.583. The standard InChI is InChI=1S/C11H15NO5/c1-16-7-9(13)5-8-3-4-10(17-2)6-11(8)12(14)15/h3-4,6,9,13H,5,7H2,1-2H3. The molecule has 17 heavy (non-hydrogen) atoms. The van der Waals surface area contributed by atoms with Crippen molar-refractivity contribution in [2.24, 2.45) is 0 Å². The highest BCUT2D eigenvalue weighted by Crippen LogP contribution is 2.25. The molecule has 0 heterocycles. The molecule has 0 aromatic heterocycles. The molecule has 0 saturated heterocycles. The van der Waals surface area contributed by atoms with E-state index in [4.69, 9.17) is 9.47 Å². The lowest BCUT2D eigenvalue weighted by molar-refractivity contribution is -0.385. The van der Waals surface area contributed by atoms with Gasteiger partial charge in [0.2, 0.25) is 0 Å². The minimum atomic E-state index is -0.757. The molecule has 0 aliphatic rings. The third-order valence-corrected chi connectivity index (χ3v) is 2.30. The van der Waals surface area contributed by atoms with Crippen LogP contribution in [0.25, 0.3) is 0 Å². The Kier molecular flexibility index (Phi) is 4.86. The summed E-state index contributed by atoms with van der Waals surface area (Å²) >= 11 is 0. The minimum Gasteiger partial charge on any atom is -0.497 e. The smallest absolute Gasteiger partial charge is 0.276 e. The molecule has 6 heteroatoms. The lowest BCUT2D eigenvalue weighted by Crippen LogP contribution is -2.17. The summed E-state index contributed by atoms with van der Waals surface area (Å²) in [7, 11) is 2.91. The summed E-state index contributed by atoms with van der Waals surface area (Å²) in [5, 5.41) is 20.4. The Bertz CT molecular complexity index is 393. The first-order chi connectivity index (χ1) is 8.08. The van der Waals surface area contributed by atoms with Crippen LogP contribution in [0.15, 0.2) is 18.2 Å². The van der Waals surface area contributed by atoms with E-state index in [1.165, 1.54) is 20.3 Å². The Labute approximate surface area is 98.9 Å². The van der Waals surface area contributed by atoms with Crippen molar-refractivity contribution >= 4 is 5.69 Å². The number of aliphatic hydroxyl groups excluding tert-OH is 1. The largest absolute Gasteiger partial charge is 0.497 e. The van der Waals surface area contributed by atoms with Crippen LogP contribution in [0.1, 0.15) is 5.56 Å². The molecule has 94 valence electrons. The van der Waals surface area contributed by atoms with E-state index in [1.807, 2.05) is 0 Å². The summed E-state index contributed by atoms with van der Waals surface area (Å²) in [4.78, 5) is 10.4. The van der Waals surface area contributed by atoms with E-state index in [9.17, 15) is 15.2 Å². The number of ether oxygens (including phenoxy) is 2. The van der Waals surface area contributed by atoms with Gasteiger partial charge in [0.15, 0.2) is 0 Å². The number of aliphatic hydroxyl groups is 1. The quantitative estimate of drug-likeness (QED) is 0.596. The third-order valence-electron chi connectivity index (χ3n) is 2.30. The molecule has 0 fully saturated rings. The minimum absolute atomic E-state index is 0.0560. The molecule has 0 amide bonds. The van der Waals surface area contributed by atoms with E-state index < -0.39 is 11.0 Å². The maximum atomic E-state index is 10.9. The molecule has 1 N–H and O–H groups in total. The molecule has 0 saturated carbocycles. The highest BCUT2D eigenvalue weighted by molar-refractivity contribution is 5.46. The number of nitrogens with zero attached hydrogens (tertiary/aromatic N) is 1. The van der Waals surface area contributed by atoms with E-state index >= 15 is 0 Å². The Morgan fingerprint density at radius 1 is 1.47 bits per heavy atom. The van der Waals surface area contributed by atoms with Gasteiger partial charge in [0, 0.05) is 19.1 Å². The van der Waals surface area contributed by atoms with Crippen LogP contribution >= 0.6 is 0 Å². The number of benzene rings is 1. The molecule has 0 radical (unpaired) electrons. The van der Waals surface area contributed by atoms with Crippen molar-refractivity contribution in [3.05, 3.63) is 33.9 Å². The Morgan fingerprint density at radius 2 is 2.18 bits per heavy atom. The number of hydrogen-bond donors (Lipinski definition) is 1. The van der Waals surface area contributed by atoms with Gasteiger partial charge in [-0.05, 0) is 12.1 Å². The molecular weight excluding hydrogens is 226 g/mol.